The molecule has 0 aliphatic carbocycles. The van der Waals surface area contributed by atoms with Gasteiger partial charge in [0, 0.05) is 18.2 Å². The van der Waals surface area contributed by atoms with Crippen molar-refractivity contribution in [3.63, 3.8) is 0 Å². The van der Waals surface area contributed by atoms with Crippen LogP contribution in [0.5, 0.6) is 0 Å². The summed E-state index contributed by atoms with van der Waals surface area (Å²) in [5, 5.41) is 0. The van der Waals surface area contributed by atoms with Gasteiger partial charge in [-0.05, 0) is 51.5 Å². The van der Waals surface area contributed by atoms with Crippen LogP contribution in [0.1, 0.15) is 37.6 Å². The molecular formula is C18H24N2O6S2. The highest BCUT2D eigenvalue weighted by Gasteiger charge is 2.49. The molecule has 0 aromatic heterocycles. The Morgan fingerprint density at radius 3 is 2.21 bits per heavy atom. The Hall–Kier alpha value is -1.94. The van der Waals surface area contributed by atoms with Crippen LogP contribution in [-0.4, -0.2) is 63.4 Å². The van der Waals surface area contributed by atoms with Gasteiger partial charge in [-0.2, -0.15) is 0 Å². The highest BCUT2D eigenvalue weighted by Crippen LogP contribution is 2.35. The summed E-state index contributed by atoms with van der Waals surface area (Å²) in [6.07, 6.45) is 0.412. The van der Waals surface area contributed by atoms with E-state index in [9.17, 15) is 26.4 Å². The minimum absolute atomic E-state index is 0.0414. The lowest BCUT2D eigenvalue weighted by Crippen LogP contribution is -2.41. The van der Waals surface area contributed by atoms with Crippen molar-refractivity contribution in [1.29, 1.82) is 0 Å². The molecule has 1 aromatic carbocycles. The number of hydrogen-bond acceptors (Lipinski definition) is 6. The molecule has 0 saturated carbocycles. The first-order valence-electron chi connectivity index (χ1n) is 9.07. The molecule has 2 aliphatic rings. The maximum Gasteiger partial charge on any atom is 0.254 e. The van der Waals surface area contributed by atoms with Crippen molar-refractivity contribution in [3.05, 3.63) is 29.8 Å². The van der Waals surface area contributed by atoms with Crippen LogP contribution in [0.25, 0.3) is 0 Å². The second-order valence-corrected chi connectivity index (χ2v) is 12.0. The number of hydrogen-bond donors (Lipinski definition) is 0. The van der Waals surface area contributed by atoms with Crippen LogP contribution in [-0.2, 0) is 24.7 Å². The Balaban J connectivity index is 1.84. The molecule has 0 radical (unpaired) electrons. The molecule has 1 atom stereocenters. The van der Waals surface area contributed by atoms with Gasteiger partial charge in [0.05, 0.1) is 28.4 Å². The highest BCUT2D eigenvalue weighted by molar-refractivity contribution is 7.94. The van der Waals surface area contributed by atoms with E-state index < -0.39 is 31.2 Å². The summed E-state index contributed by atoms with van der Waals surface area (Å²) in [5.41, 5.74) is -0.489. The normalized spacial score (nSPS) is 25.0. The molecule has 0 bridgehead atoms. The fourth-order valence-electron chi connectivity index (χ4n) is 3.76. The summed E-state index contributed by atoms with van der Waals surface area (Å²) in [4.78, 5) is 26.8. The van der Waals surface area contributed by atoms with Gasteiger partial charge in [-0.25, -0.2) is 21.1 Å². The number of benzene rings is 1. The maximum absolute atomic E-state index is 12.8. The molecule has 1 aromatic rings. The third-order valence-corrected chi connectivity index (χ3v) is 8.95. The Labute approximate surface area is 165 Å². The molecule has 8 nitrogen and oxygen atoms in total. The molecule has 28 heavy (non-hydrogen) atoms. The first-order chi connectivity index (χ1) is 12.9. The standard InChI is InChI=1S/C18H24N2O6S2/c1-4-19(15-9-10-27(23,24)11-15)16(21)13-5-7-14(8-6-13)20-17(22)18(2,3)12-28(20,25)26/h5-8,15H,4,9-12H2,1-3H3/t15-/m0/s1. The van der Waals surface area contributed by atoms with Crippen molar-refractivity contribution in [2.45, 2.75) is 33.2 Å². The van der Waals surface area contributed by atoms with E-state index >= 15 is 0 Å². The second kappa shape index (κ2) is 6.84. The molecule has 3 rings (SSSR count). The minimum Gasteiger partial charge on any atom is -0.335 e. The van der Waals surface area contributed by atoms with Gasteiger partial charge in [-0.15, -0.1) is 0 Å². The number of sulfonamides is 1. The van der Waals surface area contributed by atoms with Crippen molar-refractivity contribution in [3.8, 4) is 0 Å². The minimum atomic E-state index is -3.76. The summed E-state index contributed by atoms with van der Waals surface area (Å²) in [6.45, 7) is 5.32. The van der Waals surface area contributed by atoms with Gasteiger partial charge in [0.2, 0.25) is 15.9 Å². The molecule has 2 amide bonds. The first kappa shape index (κ1) is 20.8. The monoisotopic (exact) mass is 428 g/mol. The van der Waals surface area contributed by atoms with Crippen LogP contribution < -0.4 is 4.31 Å². The molecular weight excluding hydrogens is 404 g/mol. The molecule has 2 aliphatic heterocycles. The smallest absolute Gasteiger partial charge is 0.254 e. The molecule has 0 N–H and O–H groups in total. The van der Waals surface area contributed by atoms with E-state index in [4.69, 9.17) is 0 Å². The molecule has 2 saturated heterocycles. The Kier molecular flexibility index (Phi) is 5.08. The lowest BCUT2D eigenvalue weighted by atomic mass is 9.95. The van der Waals surface area contributed by atoms with Gasteiger partial charge in [0.15, 0.2) is 9.84 Å². The molecule has 2 fully saturated rings. The summed E-state index contributed by atoms with van der Waals surface area (Å²) in [6, 6.07) is 5.45. The zero-order chi connectivity index (χ0) is 20.9. The van der Waals surface area contributed by atoms with E-state index in [0.29, 0.717) is 18.5 Å². The van der Waals surface area contributed by atoms with Gasteiger partial charge in [0.25, 0.3) is 5.91 Å². The van der Waals surface area contributed by atoms with E-state index in [-0.39, 0.29) is 34.9 Å². The predicted octanol–water partition coefficient (Wildman–Crippen LogP) is 1.04. The van der Waals surface area contributed by atoms with Crippen molar-refractivity contribution in [1.82, 2.24) is 4.90 Å². The fourth-order valence-corrected chi connectivity index (χ4v) is 7.59. The number of sulfone groups is 1. The number of amides is 2. The third-order valence-electron chi connectivity index (χ3n) is 5.18. The number of carbonyl (C=O) groups is 2. The van der Waals surface area contributed by atoms with Crippen molar-refractivity contribution in [2.75, 3.05) is 28.1 Å². The molecule has 0 unspecified atom stereocenters. The Bertz CT molecular complexity index is 1010. The number of nitrogens with zero attached hydrogens (tertiary/aromatic N) is 2. The van der Waals surface area contributed by atoms with Gasteiger partial charge >= 0.3 is 0 Å². The zero-order valence-electron chi connectivity index (χ0n) is 16.1. The first-order valence-corrected chi connectivity index (χ1v) is 12.5. The van der Waals surface area contributed by atoms with Crippen molar-refractivity contribution in [2.24, 2.45) is 5.41 Å². The average Bonchev–Trinajstić information content (AvgIpc) is 3.01. The topological polar surface area (TPSA) is 109 Å². The quantitative estimate of drug-likeness (QED) is 0.709. The predicted molar refractivity (Wildman–Crippen MR) is 105 cm³/mol. The number of anilines is 1. The summed E-state index contributed by atoms with van der Waals surface area (Å²) < 4.78 is 49.0. The summed E-state index contributed by atoms with van der Waals surface area (Å²) >= 11 is 0. The van der Waals surface area contributed by atoms with Crippen LogP contribution in [0.3, 0.4) is 0 Å². The molecule has 2 heterocycles. The summed E-state index contributed by atoms with van der Waals surface area (Å²) in [5.74, 6) is -1.05. The fraction of sp³-hybridized carbons (Fsp3) is 0.556. The SMILES string of the molecule is CCN(C(=O)c1ccc(N2C(=O)C(C)(C)CS2(=O)=O)cc1)[C@H]1CCS(=O)(=O)C1. The number of carbonyl (C=O) groups excluding carboxylic acids is 2. The average molecular weight is 429 g/mol. The van der Waals surface area contributed by atoms with E-state index in [1.807, 2.05) is 0 Å². The molecule has 154 valence electrons. The van der Waals surface area contributed by atoms with Gasteiger partial charge in [0.1, 0.15) is 0 Å². The van der Waals surface area contributed by atoms with Crippen LogP contribution in [0.15, 0.2) is 24.3 Å². The maximum atomic E-state index is 12.8. The van der Waals surface area contributed by atoms with E-state index in [1.165, 1.54) is 29.2 Å². The van der Waals surface area contributed by atoms with Crippen LogP contribution in [0, 0.1) is 5.41 Å². The van der Waals surface area contributed by atoms with Gasteiger partial charge in [-0.3, -0.25) is 9.59 Å². The van der Waals surface area contributed by atoms with Crippen LogP contribution in [0.2, 0.25) is 0 Å². The largest absolute Gasteiger partial charge is 0.335 e. The lowest BCUT2D eigenvalue weighted by Gasteiger charge is -2.27. The van der Waals surface area contributed by atoms with E-state index in [0.717, 1.165) is 4.31 Å². The summed E-state index contributed by atoms with van der Waals surface area (Å²) in [7, 11) is -6.87. The number of rotatable bonds is 4. The zero-order valence-corrected chi connectivity index (χ0v) is 17.7. The third kappa shape index (κ3) is 3.67. The second-order valence-electron chi connectivity index (χ2n) is 7.90. The Morgan fingerprint density at radius 2 is 1.79 bits per heavy atom. The van der Waals surface area contributed by atoms with E-state index in [2.05, 4.69) is 0 Å². The molecule has 0 spiro atoms. The van der Waals surface area contributed by atoms with Crippen molar-refractivity contribution < 1.29 is 26.4 Å². The van der Waals surface area contributed by atoms with E-state index in [1.54, 1.807) is 20.8 Å². The molecule has 10 heteroatoms. The Morgan fingerprint density at radius 1 is 1.18 bits per heavy atom. The highest BCUT2D eigenvalue weighted by atomic mass is 32.2. The van der Waals surface area contributed by atoms with Crippen LogP contribution in [0.4, 0.5) is 5.69 Å². The van der Waals surface area contributed by atoms with Gasteiger partial charge in [-0.1, -0.05) is 0 Å². The van der Waals surface area contributed by atoms with Crippen LogP contribution >= 0.6 is 0 Å². The van der Waals surface area contributed by atoms with Crippen molar-refractivity contribution >= 4 is 37.4 Å². The van der Waals surface area contributed by atoms with Gasteiger partial charge < -0.3 is 4.90 Å². The lowest BCUT2D eigenvalue weighted by molar-refractivity contribution is -0.123.